The third kappa shape index (κ3) is 2.08. The van der Waals surface area contributed by atoms with Crippen molar-refractivity contribution in [1.29, 1.82) is 0 Å². The molecule has 0 aliphatic carbocycles. The molecular weight excluding hydrogens is 341 g/mol. The monoisotopic (exact) mass is 351 g/mol. The van der Waals surface area contributed by atoms with Crippen molar-refractivity contribution in [3.8, 4) is 0 Å². The number of fused-ring (bicyclic) bond motifs is 1. The van der Waals surface area contributed by atoms with Crippen molar-refractivity contribution in [2.45, 2.75) is 6.23 Å². The fourth-order valence-electron chi connectivity index (χ4n) is 1.95. The number of nitrogens with one attached hydrogen (secondary N) is 1. The van der Waals surface area contributed by atoms with Gasteiger partial charge in [-0.2, -0.15) is 0 Å². The molecule has 1 unspecified atom stereocenters. The number of halogens is 1. The van der Waals surface area contributed by atoms with Gasteiger partial charge in [0, 0.05) is 14.8 Å². The Balaban J connectivity index is 1.87. The number of rotatable bonds is 2. The summed E-state index contributed by atoms with van der Waals surface area (Å²) in [6.07, 6.45) is -0.395. The van der Waals surface area contributed by atoms with Gasteiger partial charge >= 0.3 is 5.97 Å². The minimum Gasteiger partial charge on any atom is -0.434 e. The summed E-state index contributed by atoms with van der Waals surface area (Å²) >= 11 is 2.25. The van der Waals surface area contributed by atoms with Crippen molar-refractivity contribution < 1.29 is 9.53 Å². The molecule has 2 aromatic rings. The van der Waals surface area contributed by atoms with Gasteiger partial charge in [0.25, 0.3) is 0 Å². The van der Waals surface area contributed by atoms with Crippen molar-refractivity contribution in [1.82, 2.24) is 0 Å². The minimum absolute atomic E-state index is 0.270. The molecule has 4 heteroatoms. The van der Waals surface area contributed by atoms with E-state index in [1.54, 1.807) is 6.07 Å². The second-order valence-electron chi connectivity index (χ2n) is 4.02. The quantitative estimate of drug-likeness (QED) is 0.664. The topological polar surface area (TPSA) is 38.3 Å². The minimum atomic E-state index is -0.395. The summed E-state index contributed by atoms with van der Waals surface area (Å²) in [5, 5.41) is 3.21. The zero-order valence-corrected chi connectivity index (χ0v) is 11.5. The predicted molar refractivity (Wildman–Crippen MR) is 77.4 cm³/mol. The zero-order valence-electron chi connectivity index (χ0n) is 9.39. The molecule has 0 radical (unpaired) electrons. The molecule has 0 amide bonds. The molecule has 0 saturated heterocycles. The van der Waals surface area contributed by atoms with Gasteiger partial charge in [-0.3, -0.25) is 0 Å². The van der Waals surface area contributed by atoms with Crippen LogP contribution in [0.2, 0.25) is 0 Å². The maximum absolute atomic E-state index is 11.7. The van der Waals surface area contributed by atoms with Gasteiger partial charge in [-0.05, 0) is 52.9 Å². The Bertz CT molecular complexity index is 595. The largest absolute Gasteiger partial charge is 0.434 e. The Morgan fingerprint density at radius 2 is 1.78 bits per heavy atom. The molecule has 1 N–H and O–H groups in total. The average Bonchev–Trinajstić information content (AvgIpc) is 2.70. The first-order valence-electron chi connectivity index (χ1n) is 5.56. The second-order valence-corrected chi connectivity index (χ2v) is 5.27. The van der Waals surface area contributed by atoms with Gasteiger partial charge in [-0.15, -0.1) is 0 Å². The van der Waals surface area contributed by atoms with E-state index in [1.807, 2.05) is 42.5 Å². The van der Waals surface area contributed by atoms with Crippen LogP contribution in [0, 0.1) is 3.57 Å². The van der Waals surface area contributed by atoms with Crippen LogP contribution >= 0.6 is 22.6 Å². The van der Waals surface area contributed by atoms with Crippen LogP contribution in [0.25, 0.3) is 0 Å². The highest BCUT2D eigenvalue weighted by Crippen LogP contribution is 2.31. The number of carbonyl (C=O) groups excluding carboxylic acids is 1. The van der Waals surface area contributed by atoms with Crippen LogP contribution in [0.1, 0.15) is 22.1 Å². The third-order valence-electron chi connectivity index (χ3n) is 2.83. The van der Waals surface area contributed by atoms with Crippen molar-refractivity contribution in [3.05, 3.63) is 63.2 Å². The summed E-state index contributed by atoms with van der Waals surface area (Å²) in [5.74, 6) is -0.270. The lowest BCUT2D eigenvalue weighted by Gasteiger charge is -2.14. The third-order valence-corrected chi connectivity index (χ3v) is 3.55. The Labute approximate surface area is 118 Å². The second kappa shape index (κ2) is 4.61. The molecule has 0 bridgehead atoms. The molecule has 0 aromatic heterocycles. The molecule has 1 atom stereocenters. The first-order chi connectivity index (χ1) is 8.74. The van der Waals surface area contributed by atoms with Crippen molar-refractivity contribution in [2.24, 2.45) is 0 Å². The van der Waals surface area contributed by atoms with E-state index in [0.717, 1.165) is 11.3 Å². The molecule has 0 spiro atoms. The van der Waals surface area contributed by atoms with E-state index in [9.17, 15) is 4.79 Å². The zero-order chi connectivity index (χ0) is 12.5. The highest BCUT2D eigenvalue weighted by Gasteiger charge is 2.30. The highest BCUT2D eigenvalue weighted by molar-refractivity contribution is 14.1. The Morgan fingerprint density at radius 1 is 1.06 bits per heavy atom. The maximum Gasteiger partial charge on any atom is 0.340 e. The van der Waals surface area contributed by atoms with Crippen LogP contribution in [0.15, 0.2) is 48.5 Å². The van der Waals surface area contributed by atoms with Gasteiger partial charge in [0.15, 0.2) is 0 Å². The van der Waals surface area contributed by atoms with Gasteiger partial charge in [-0.1, -0.05) is 18.2 Å². The van der Waals surface area contributed by atoms with E-state index in [4.69, 9.17) is 4.74 Å². The lowest BCUT2D eigenvalue weighted by molar-refractivity contribution is 0.0437. The van der Waals surface area contributed by atoms with E-state index < -0.39 is 6.23 Å². The molecule has 1 heterocycles. The molecule has 0 saturated carbocycles. The lowest BCUT2D eigenvalue weighted by atomic mass is 10.1. The fraction of sp³-hybridized carbons (Fsp3) is 0.0714. The molecule has 3 rings (SSSR count). The lowest BCUT2D eigenvalue weighted by Crippen LogP contribution is -2.10. The first-order valence-corrected chi connectivity index (χ1v) is 6.64. The molecule has 18 heavy (non-hydrogen) atoms. The van der Waals surface area contributed by atoms with Crippen LogP contribution in [0.5, 0.6) is 0 Å². The number of ether oxygens (including phenoxy) is 1. The Hall–Kier alpha value is -1.56. The van der Waals surface area contributed by atoms with E-state index in [2.05, 4.69) is 27.9 Å². The summed E-state index contributed by atoms with van der Waals surface area (Å²) in [4.78, 5) is 11.7. The fourth-order valence-corrected chi connectivity index (χ4v) is 2.31. The standard InChI is InChI=1S/C14H10INO2/c15-9-5-7-10(8-6-9)16-13-11-3-1-2-4-12(11)14(17)18-13/h1-8,13,16H. The van der Waals surface area contributed by atoms with E-state index in [0.29, 0.717) is 5.56 Å². The normalized spacial score (nSPS) is 17.2. The van der Waals surface area contributed by atoms with Gasteiger partial charge in [0.05, 0.1) is 5.56 Å². The maximum atomic E-state index is 11.7. The van der Waals surface area contributed by atoms with E-state index >= 15 is 0 Å². The van der Waals surface area contributed by atoms with Crippen LogP contribution in [0.4, 0.5) is 5.69 Å². The van der Waals surface area contributed by atoms with E-state index in [1.165, 1.54) is 3.57 Å². The van der Waals surface area contributed by atoms with Gasteiger partial charge in [0.1, 0.15) is 0 Å². The first kappa shape index (κ1) is 11.5. The predicted octanol–water partition coefficient (Wildman–Crippen LogP) is 3.57. The average molecular weight is 351 g/mol. The Morgan fingerprint density at radius 3 is 2.56 bits per heavy atom. The van der Waals surface area contributed by atoms with Crippen molar-refractivity contribution in [3.63, 3.8) is 0 Å². The summed E-state index contributed by atoms with van der Waals surface area (Å²) < 4.78 is 6.48. The molecule has 90 valence electrons. The van der Waals surface area contributed by atoms with Crippen LogP contribution in [-0.2, 0) is 4.74 Å². The Kier molecular flexibility index (Phi) is 2.95. The molecule has 1 aliphatic rings. The van der Waals surface area contributed by atoms with Gasteiger partial charge in [0.2, 0.25) is 6.23 Å². The summed E-state index contributed by atoms with van der Waals surface area (Å²) in [7, 11) is 0. The number of cyclic esters (lactones) is 1. The molecular formula is C14H10INO2. The molecule has 3 nitrogen and oxygen atoms in total. The number of esters is 1. The van der Waals surface area contributed by atoms with Crippen LogP contribution in [-0.4, -0.2) is 5.97 Å². The number of hydrogen-bond acceptors (Lipinski definition) is 3. The highest BCUT2D eigenvalue weighted by atomic mass is 127. The van der Waals surface area contributed by atoms with Crippen molar-refractivity contribution >= 4 is 34.2 Å². The van der Waals surface area contributed by atoms with Gasteiger partial charge in [-0.25, -0.2) is 4.79 Å². The summed E-state index contributed by atoms with van der Waals surface area (Å²) in [6, 6.07) is 15.4. The smallest absolute Gasteiger partial charge is 0.340 e. The number of benzene rings is 2. The molecule has 1 aliphatic heterocycles. The number of hydrogen-bond donors (Lipinski definition) is 1. The molecule has 2 aromatic carbocycles. The van der Waals surface area contributed by atoms with Crippen molar-refractivity contribution in [2.75, 3.05) is 5.32 Å². The van der Waals surface area contributed by atoms with Gasteiger partial charge < -0.3 is 10.1 Å². The SMILES string of the molecule is O=C1OC(Nc2ccc(I)cc2)c2ccccc21. The number of anilines is 1. The van der Waals surface area contributed by atoms with Crippen LogP contribution in [0.3, 0.4) is 0 Å². The van der Waals surface area contributed by atoms with E-state index in [-0.39, 0.29) is 5.97 Å². The summed E-state index contributed by atoms with van der Waals surface area (Å²) in [5.41, 5.74) is 2.46. The van der Waals surface area contributed by atoms with Crippen LogP contribution < -0.4 is 5.32 Å². The number of carbonyl (C=O) groups is 1. The molecule has 0 fully saturated rings. The summed E-state index contributed by atoms with van der Waals surface area (Å²) in [6.45, 7) is 0.